The predicted octanol–water partition coefficient (Wildman–Crippen LogP) is 7.07. The number of nitrogens with zero attached hydrogens (tertiary/aromatic N) is 1. The lowest BCUT2D eigenvalue weighted by molar-refractivity contribution is -0.122. The zero-order valence-electron chi connectivity index (χ0n) is 20.8. The summed E-state index contributed by atoms with van der Waals surface area (Å²) in [6.45, 7) is 6.22. The number of hydrogen-bond donors (Lipinski definition) is 0. The van der Waals surface area contributed by atoms with Crippen molar-refractivity contribution in [3.63, 3.8) is 0 Å². The molecular formula is C30H26BrNO5S. The third-order valence-corrected chi connectivity index (χ3v) is 7.12. The lowest BCUT2D eigenvalue weighted by atomic mass is 10.0. The van der Waals surface area contributed by atoms with Crippen LogP contribution in [0.5, 0.6) is 11.5 Å². The Morgan fingerprint density at radius 3 is 2.47 bits per heavy atom. The molecule has 3 aromatic rings. The maximum atomic E-state index is 13.1. The number of benzene rings is 3. The molecule has 0 bridgehead atoms. The summed E-state index contributed by atoms with van der Waals surface area (Å²) in [5.74, 6) is 0.339. The minimum Gasteiger partial charge on any atom is -0.490 e. The molecule has 0 radical (unpaired) electrons. The van der Waals surface area contributed by atoms with Crippen molar-refractivity contribution in [3.05, 3.63) is 111 Å². The van der Waals surface area contributed by atoms with Crippen LogP contribution in [0.15, 0.2) is 88.8 Å². The van der Waals surface area contributed by atoms with E-state index in [0.717, 1.165) is 32.3 Å². The largest absolute Gasteiger partial charge is 0.490 e. The fourth-order valence-corrected chi connectivity index (χ4v) is 4.99. The smallest absolute Gasteiger partial charge is 0.293 e. The van der Waals surface area contributed by atoms with Gasteiger partial charge in [0, 0.05) is 15.6 Å². The molecule has 8 heteroatoms. The number of halogens is 1. The number of hydrogen-bond acceptors (Lipinski definition) is 6. The first kappa shape index (κ1) is 27.4. The van der Waals surface area contributed by atoms with Gasteiger partial charge in [0.05, 0.1) is 18.1 Å². The Morgan fingerprint density at radius 1 is 1.05 bits per heavy atom. The van der Waals surface area contributed by atoms with Gasteiger partial charge in [-0.3, -0.25) is 19.3 Å². The average Bonchev–Trinajstić information content (AvgIpc) is 3.16. The van der Waals surface area contributed by atoms with Crippen molar-refractivity contribution >= 4 is 50.7 Å². The monoisotopic (exact) mass is 591 g/mol. The lowest BCUT2D eigenvalue weighted by Gasteiger charge is -2.17. The molecule has 1 aliphatic rings. The fraction of sp³-hybridized carbons (Fsp3) is 0.167. The normalized spacial score (nSPS) is 14.2. The van der Waals surface area contributed by atoms with Gasteiger partial charge in [0.2, 0.25) is 0 Å². The van der Waals surface area contributed by atoms with Crippen molar-refractivity contribution in [2.24, 2.45) is 0 Å². The van der Waals surface area contributed by atoms with Crippen molar-refractivity contribution in [2.75, 3.05) is 13.2 Å². The van der Waals surface area contributed by atoms with Crippen LogP contribution in [0.25, 0.3) is 6.08 Å². The van der Waals surface area contributed by atoms with Crippen LogP contribution in [0.4, 0.5) is 4.79 Å². The Labute approximate surface area is 234 Å². The van der Waals surface area contributed by atoms with Gasteiger partial charge < -0.3 is 9.47 Å². The summed E-state index contributed by atoms with van der Waals surface area (Å²) in [6.07, 6.45) is 3.94. The van der Waals surface area contributed by atoms with Crippen LogP contribution in [0, 0.1) is 0 Å². The van der Waals surface area contributed by atoms with E-state index in [-0.39, 0.29) is 17.2 Å². The van der Waals surface area contributed by atoms with Gasteiger partial charge in [-0.15, -0.1) is 6.58 Å². The van der Waals surface area contributed by atoms with Crippen molar-refractivity contribution < 1.29 is 23.9 Å². The summed E-state index contributed by atoms with van der Waals surface area (Å²) in [4.78, 5) is 39.6. The molecule has 0 aromatic heterocycles. The van der Waals surface area contributed by atoms with Crippen LogP contribution in [-0.4, -0.2) is 35.0 Å². The number of ketones is 1. The van der Waals surface area contributed by atoms with E-state index in [4.69, 9.17) is 9.47 Å². The minimum atomic E-state index is -0.502. The molecule has 0 aliphatic carbocycles. The summed E-state index contributed by atoms with van der Waals surface area (Å²) < 4.78 is 12.9. The van der Waals surface area contributed by atoms with Crippen LogP contribution >= 0.6 is 27.7 Å². The van der Waals surface area contributed by atoms with E-state index in [0.29, 0.717) is 42.3 Å². The van der Waals surface area contributed by atoms with E-state index in [9.17, 15) is 14.4 Å². The number of imide groups is 1. The molecule has 6 nitrogen and oxygen atoms in total. The van der Waals surface area contributed by atoms with Crippen molar-refractivity contribution in [2.45, 2.75) is 20.0 Å². The Bertz CT molecular complexity index is 1390. The number of allylic oxidation sites excluding steroid dienone is 1. The average molecular weight is 593 g/mol. The molecule has 3 aromatic carbocycles. The quantitative estimate of drug-likeness (QED) is 0.135. The topological polar surface area (TPSA) is 72.9 Å². The van der Waals surface area contributed by atoms with E-state index in [1.54, 1.807) is 42.5 Å². The van der Waals surface area contributed by atoms with Crippen molar-refractivity contribution in [1.29, 1.82) is 0 Å². The number of carbonyl (C=O) groups excluding carboxylic acids is 3. The molecule has 0 N–H and O–H groups in total. The fourth-order valence-electron chi connectivity index (χ4n) is 3.89. The highest BCUT2D eigenvalue weighted by Crippen LogP contribution is 2.38. The molecule has 1 aliphatic heterocycles. The first-order valence-corrected chi connectivity index (χ1v) is 13.6. The number of carbonyl (C=O) groups is 3. The lowest BCUT2D eigenvalue weighted by Crippen LogP contribution is -2.33. The molecule has 0 saturated carbocycles. The highest BCUT2D eigenvalue weighted by Gasteiger charge is 2.36. The number of ether oxygens (including phenoxy) is 2. The standard InChI is InChI=1S/C30H26BrNO5S/c1-3-8-23-15-21(16-26(36-4-2)28(23)37-19-20-9-6-5-7-10-20)17-27-29(34)32(30(35)38-27)18-25(33)22-11-13-24(31)14-12-22/h3,5-7,9-17H,1,4,8,18-19H2,2H3/b27-17-. The number of Topliss-reactive ketones (excluding diaryl/α,β-unsaturated/α-hetero) is 1. The third kappa shape index (κ3) is 6.62. The van der Waals surface area contributed by atoms with Crippen molar-refractivity contribution in [3.8, 4) is 11.5 Å². The molecule has 4 rings (SSSR count). The third-order valence-electron chi connectivity index (χ3n) is 5.68. The molecule has 1 heterocycles. The molecule has 1 fully saturated rings. The first-order valence-electron chi connectivity index (χ1n) is 12.0. The van der Waals surface area contributed by atoms with E-state index in [2.05, 4.69) is 22.5 Å². The summed E-state index contributed by atoms with van der Waals surface area (Å²) in [5.41, 5.74) is 2.98. The van der Waals surface area contributed by atoms with Crippen LogP contribution in [0.2, 0.25) is 0 Å². The predicted molar refractivity (Wildman–Crippen MR) is 153 cm³/mol. The maximum absolute atomic E-state index is 13.1. The van der Waals surface area contributed by atoms with Gasteiger partial charge in [-0.2, -0.15) is 0 Å². The Kier molecular flexibility index (Phi) is 9.20. The van der Waals surface area contributed by atoms with Gasteiger partial charge in [0.1, 0.15) is 6.61 Å². The maximum Gasteiger partial charge on any atom is 0.293 e. The second kappa shape index (κ2) is 12.8. The highest BCUT2D eigenvalue weighted by molar-refractivity contribution is 9.10. The van der Waals surface area contributed by atoms with Crippen LogP contribution in [0.1, 0.15) is 34.0 Å². The van der Waals surface area contributed by atoms with Gasteiger partial charge in [-0.05, 0) is 66.6 Å². The van der Waals surface area contributed by atoms with Gasteiger partial charge in [-0.1, -0.05) is 64.5 Å². The number of amides is 2. The zero-order valence-corrected chi connectivity index (χ0v) is 23.2. The summed E-state index contributed by atoms with van der Waals surface area (Å²) in [6, 6.07) is 20.3. The second-order valence-electron chi connectivity index (χ2n) is 8.41. The molecule has 194 valence electrons. The Balaban J connectivity index is 1.58. The van der Waals surface area contributed by atoms with Crippen molar-refractivity contribution in [1.82, 2.24) is 4.90 Å². The van der Waals surface area contributed by atoms with Gasteiger partial charge in [-0.25, -0.2) is 0 Å². The second-order valence-corrected chi connectivity index (χ2v) is 10.3. The molecule has 38 heavy (non-hydrogen) atoms. The number of rotatable bonds is 11. The Morgan fingerprint density at radius 2 is 1.79 bits per heavy atom. The van der Waals surface area contributed by atoms with Crippen LogP contribution in [0.3, 0.4) is 0 Å². The molecule has 0 unspecified atom stereocenters. The molecule has 1 saturated heterocycles. The first-order chi connectivity index (χ1) is 18.4. The minimum absolute atomic E-state index is 0.239. The molecule has 0 atom stereocenters. The highest BCUT2D eigenvalue weighted by atomic mass is 79.9. The molecule has 2 amide bonds. The number of thioether (sulfide) groups is 1. The van der Waals surface area contributed by atoms with E-state index < -0.39 is 11.1 Å². The summed E-state index contributed by atoms with van der Waals surface area (Å²) in [7, 11) is 0. The van der Waals surface area contributed by atoms with Crippen LogP contribution in [-0.2, 0) is 17.8 Å². The Hall–Kier alpha value is -3.62. The SMILES string of the molecule is C=CCc1cc(/C=C2\SC(=O)N(CC(=O)c3ccc(Br)cc3)C2=O)cc(OCC)c1OCc1ccccc1. The molecule has 0 spiro atoms. The van der Waals surface area contributed by atoms with Crippen LogP contribution < -0.4 is 9.47 Å². The summed E-state index contributed by atoms with van der Waals surface area (Å²) >= 11 is 4.14. The van der Waals surface area contributed by atoms with Gasteiger partial charge in [0.25, 0.3) is 11.1 Å². The van der Waals surface area contributed by atoms with E-state index in [1.807, 2.05) is 43.3 Å². The van der Waals surface area contributed by atoms with E-state index >= 15 is 0 Å². The van der Waals surface area contributed by atoms with E-state index in [1.165, 1.54) is 0 Å². The van der Waals surface area contributed by atoms with Gasteiger partial charge in [0.15, 0.2) is 17.3 Å². The summed E-state index contributed by atoms with van der Waals surface area (Å²) in [5, 5.41) is -0.481. The van der Waals surface area contributed by atoms with Gasteiger partial charge >= 0.3 is 0 Å². The zero-order chi connectivity index (χ0) is 27.1. The molecular weight excluding hydrogens is 566 g/mol.